The van der Waals surface area contributed by atoms with Crippen molar-refractivity contribution >= 4 is 11.6 Å². The van der Waals surface area contributed by atoms with E-state index in [1.165, 1.54) is 0 Å². The molecule has 0 aromatic carbocycles. The van der Waals surface area contributed by atoms with E-state index in [2.05, 4.69) is 36.4 Å². The molecule has 2 N–H and O–H groups in total. The molecule has 0 atom stereocenters. The van der Waals surface area contributed by atoms with Crippen LogP contribution < -0.4 is 10.6 Å². The van der Waals surface area contributed by atoms with E-state index in [0.717, 1.165) is 18.7 Å². The van der Waals surface area contributed by atoms with Crippen LogP contribution in [0.5, 0.6) is 0 Å². The van der Waals surface area contributed by atoms with Crippen LogP contribution in [0.15, 0.2) is 18.5 Å². The van der Waals surface area contributed by atoms with Crippen molar-refractivity contribution in [1.29, 1.82) is 0 Å². The Balaban J connectivity index is 2.72. The van der Waals surface area contributed by atoms with Crippen LogP contribution >= 0.6 is 0 Å². The van der Waals surface area contributed by atoms with Gasteiger partial charge in [0.15, 0.2) is 0 Å². The lowest BCUT2D eigenvalue weighted by Gasteiger charge is -2.23. The number of rotatable bonds is 6. The standard InChI is InChI=1S/C14H23N3O/c1-5-14(3,4)10-17-13(18)11-7-8-15-9-12(11)16-6-2/h7-9,16H,5-6,10H2,1-4H3,(H,17,18). The molecule has 0 bridgehead atoms. The molecule has 0 aliphatic rings. The van der Waals surface area contributed by atoms with Crippen molar-refractivity contribution in [2.75, 3.05) is 18.4 Å². The Morgan fingerprint density at radius 3 is 2.72 bits per heavy atom. The van der Waals surface area contributed by atoms with Crippen molar-refractivity contribution in [3.63, 3.8) is 0 Å². The fraction of sp³-hybridized carbons (Fsp3) is 0.571. The lowest BCUT2D eigenvalue weighted by Crippen LogP contribution is -2.34. The van der Waals surface area contributed by atoms with Gasteiger partial charge in [0, 0.05) is 19.3 Å². The highest BCUT2D eigenvalue weighted by Gasteiger charge is 2.18. The number of nitrogens with zero attached hydrogens (tertiary/aromatic N) is 1. The summed E-state index contributed by atoms with van der Waals surface area (Å²) in [4.78, 5) is 16.2. The molecule has 1 aromatic rings. The van der Waals surface area contributed by atoms with Crippen LogP contribution in [-0.4, -0.2) is 24.0 Å². The number of hydrogen-bond acceptors (Lipinski definition) is 3. The minimum Gasteiger partial charge on any atom is -0.383 e. The number of amides is 1. The van der Waals surface area contributed by atoms with Gasteiger partial charge in [-0.05, 0) is 24.8 Å². The number of carbonyl (C=O) groups excluding carboxylic acids is 1. The van der Waals surface area contributed by atoms with Gasteiger partial charge in [0.1, 0.15) is 0 Å². The van der Waals surface area contributed by atoms with Gasteiger partial charge in [0.25, 0.3) is 5.91 Å². The van der Waals surface area contributed by atoms with E-state index >= 15 is 0 Å². The van der Waals surface area contributed by atoms with Crippen molar-refractivity contribution < 1.29 is 4.79 Å². The summed E-state index contributed by atoms with van der Waals surface area (Å²) in [6.07, 6.45) is 4.35. The van der Waals surface area contributed by atoms with Crippen molar-refractivity contribution in [3.05, 3.63) is 24.0 Å². The first kappa shape index (κ1) is 14.5. The zero-order valence-electron chi connectivity index (χ0n) is 11.7. The lowest BCUT2D eigenvalue weighted by atomic mass is 9.90. The molecule has 0 saturated heterocycles. The van der Waals surface area contributed by atoms with Crippen molar-refractivity contribution in [1.82, 2.24) is 10.3 Å². The van der Waals surface area contributed by atoms with Gasteiger partial charge in [-0.25, -0.2) is 0 Å². The molecule has 100 valence electrons. The number of hydrogen-bond donors (Lipinski definition) is 2. The van der Waals surface area contributed by atoms with E-state index in [1.54, 1.807) is 18.5 Å². The van der Waals surface area contributed by atoms with Crippen LogP contribution in [0.25, 0.3) is 0 Å². The van der Waals surface area contributed by atoms with Crippen molar-refractivity contribution in [2.24, 2.45) is 5.41 Å². The molecule has 4 heteroatoms. The maximum atomic E-state index is 12.1. The Hall–Kier alpha value is -1.58. The SMILES string of the molecule is CCNc1cnccc1C(=O)NCC(C)(C)CC. The first-order chi connectivity index (χ1) is 8.50. The summed E-state index contributed by atoms with van der Waals surface area (Å²) in [5.74, 6) is -0.0464. The Kier molecular flexibility index (Phi) is 5.13. The highest BCUT2D eigenvalue weighted by Crippen LogP contribution is 2.19. The van der Waals surface area contributed by atoms with Crippen LogP contribution in [0.1, 0.15) is 44.5 Å². The van der Waals surface area contributed by atoms with Gasteiger partial charge in [0.2, 0.25) is 0 Å². The van der Waals surface area contributed by atoms with E-state index < -0.39 is 0 Å². The Bertz CT molecular complexity index is 402. The summed E-state index contributed by atoms with van der Waals surface area (Å²) >= 11 is 0. The maximum Gasteiger partial charge on any atom is 0.253 e. The fourth-order valence-electron chi connectivity index (χ4n) is 1.46. The third kappa shape index (κ3) is 4.02. The summed E-state index contributed by atoms with van der Waals surface area (Å²) < 4.78 is 0. The molecule has 0 radical (unpaired) electrons. The molecule has 4 nitrogen and oxygen atoms in total. The zero-order valence-corrected chi connectivity index (χ0v) is 11.7. The van der Waals surface area contributed by atoms with Gasteiger partial charge in [0.05, 0.1) is 17.4 Å². The third-order valence-electron chi connectivity index (χ3n) is 3.12. The van der Waals surface area contributed by atoms with E-state index in [1.807, 2.05) is 6.92 Å². The minimum atomic E-state index is -0.0464. The Morgan fingerprint density at radius 2 is 2.11 bits per heavy atom. The summed E-state index contributed by atoms with van der Waals surface area (Å²) in [7, 11) is 0. The molecule has 0 spiro atoms. The van der Waals surface area contributed by atoms with Gasteiger partial charge < -0.3 is 10.6 Å². The van der Waals surface area contributed by atoms with Crippen LogP contribution in [0, 0.1) is 5.41 Å². The topological polar surface area (TPSA) is 54.0 Å². The molecule has 0 saturated carbocycles. The molecule has 1 aromatic heterocycles. The molecule has 0 aliphatic carbocycles. The predicted molar refractivity (Wildman–Crippen MR) is 74.8 cm³/mol. The summed E-state index contributed by atoms with van der Waals surface area (Å²) in [5, 5.41) is 6.13. The predicted octanol–water partition coefficient (Wildman–Crippen LogP) is 2.68. The second-order valence-electron chi connectivity index (χ2n) is 5.15. The van der Waals surface area contributed by atoms with Crippen LogP contribution in [0.2, 0.25) is 0 Å². The highest BCUT2D eigenvalue weighted by molar-refractivity contribution is 5.99. The van der Waals surface area contributed by atoms with Crippen molar-refractivity contribution in [3.8, 4) is 0 Å². The van der Waals surface area contributed by atoms with Gasteiger partial charge >= 0.3 is 0 Å². The Morgan fingerprint density at radius 1 is 1.39 bits per heavy atom. The summed E-state index contributed by atoms with van der Waals surface area (Å²) in [6.45, 7) is 9.86. The number of anilines is 1. The van der Waals surface area contributed by atoms with Gasteiger partial charge in [-0.3, -0.25) is 9.78 Å². The lowest BCUT2D eigenvalue weighted by molar-refractivity contribution is 0.0936. The van der Waals surface area contributed by atoms with Gasteiger partial charge in [-0.15, -0.1) is 0 Å². The average Bonchev–Trinajstić information content (AvgIpc) is 2.37. The van der Waals surface area contributed by atoms with Gasteiger partial charge in [-0.2, -0.15) is 0 Å². The Labute approximate surface area is 109 Å². The summed E-state index contributed by atoms with van der Waals surface area (Å²) in [5.41, 5.74) is 1.56. The molecule has 0 unspecified atom stereocenters. The van der Waals surface area contributed by atoms with Crippen LogP contribution in [-0.2, 0) is 0 Å². The molecule has 0 aliphatic heterocycles. The number of nitrogens with one attached hydrogen (secondary N) is 2. The second kappa shape index (κ2) is 6.38. The van der Waals surface area contributed by atoms with Gasteiger partial charge in [-0.1, -0.05) is 20.8 Å². The molecule has 0 fully saturated rings. The molecular formula is C14H23N3O. The van der Waals surface area contributed by atoms with E-state index in [9.17, 15) is 4.79 Å². The number of aromatic nitrogens is 1. The molecule has 1 rings (SSSR count). The van der Waals surface area contributed by atoms with E-state index in [0.29, 0.717) is 12.1 Å². The van der Waals surface area contributed by atoms with Crippen LogP contribution in [0.4, 0.5) is 5.69 Å². The third-order valence-corrected chi connectivity index (χ3v) is 3.12. The second-order valence-corrected chi connectivity index (χ2v) is 5.15. The molecule has 1 amide bonds. The normalized spacial score (nSPS) is 11.1. The summed E-state index contributed by atoms with van der Waals surface area (Å²) in [6, 6.07) is 1.74. The fourth-order valence-corrected chi connectivity index (χ4v) is 1.46. The monoisotopic (exact) mass is 249 g/mol. The maximum absolute atomic E-state index is 12.1. The minimum absolute atomic E-state index is 0.0464. The first-order valence-corrected chi connectivity index (χ1v) is 6.46. The van der Waals surface area contributed by atoms with E-state index in [4.69, 9.17) is 0 Å². The van der Waals surface area contributed by atoms with E-state index in [-0.39, 0.29) is 11.3 Å². The molecular weight excluding hydrogens is 226 g/mol. The highest BCUT2D eigenvalue weighted by atomic mass is 16.1. The largest absolute Gasteiger partial charge is 0.383 e. The quantitative estimate of drug-likeness (QED) is 0.815. The molecule has 1 heterocycles. The molecule has 18 heavy (non-hydrogen) atoms. The first-order valence-electron chi connectivity index (χ1n) is 6.46. The van der Waals surface area contributed by atoms with Crippen molar-refractivity contribution in [2.45, 2.75) is 34.1 Å². The smallest absolute Gasteiger partial charge is 0.253 e. The zero-order chi connectivity index (χ0) is 13.6. The number of carbonyl (C=O) groups is 1. The average molecular weight is 249 g/mol. The number of pyridine rings is 1. The van der Waals surface area contributed by atoms with Crippen LogP contribution in [0.3, 0.4) is 0 Å².